The molecule has 1 spiro atoms. The molecule has 14 heteroatoms. The van der Waals surface area contributed by atoms with Gasteiger partial charge in [0.2, 0.25) is 0 Å². The molecule has 2 amide bonds. The molecular formula is C34H40F3N9O2. The Balaban J connectivity index is 0.944. The first kappa shape index (κ1) is 31.2. The predicted octanol–water partition coefficient (Wildman–Crippen LogP) is 4.12. The SMILES string of the molecule is N#Cc1cnn2cc(OCCCN3CC(N)C4(CC4)C3)cc(-c3ccc(N4C5CCC4CN(C(=O)N4CCC(C(F)(F)F)C4)C5)nc3)c12. The van der Waals surface area contributed by atoms with Crippen molar-refractivity contribution in [3.63, 3.8) is 0 Å². The van der Waals surface area contributed by atoms with Crippen LogP contribution in [0.4, 0.5) is 23.8 Å². The van der Waals surface area contributed by atoms with E-state index in [1.807, 2.05) is 18.2 Å². The fourth-order valence-corrected chi connectivity index (χ4v) is 8.45. The van der Waals surface area contributed by atoms with E-state index in [0.29, 0.717) is 41.9 Å². The molecule has 5 fully saturated rings. The van der Waals surface area contributed by atoms with Crippen molar-refractivity contribution in [3.8, 4) is 22.9 Å². The molecule has 5 aliphatic rings. The summed E-state index contributed by atoms with van der Waals surface area (Å²) < 4.78 is 47.5. The summed E-state index contributed by atoms with van der Waals surface area (Å²) in [6, 6.07) is 8.20. The van der Waals surface area contributed by atoms with Crippen LogP contribution >= 0.6 is 0 Å². The van der Waals surface area contributed by atoms with Crippen molar-refractivity contribution in [2.75, 3.05) is 57.3 Å². The van der Waals surface area contributed by atoms with E-state index < -0.39 is 12.1 Å². The van der Waals surface area contributed by atoms with E-state index in [1.54, 1.807) is 28.0 Å². The van der Waals surface area contributed by atoms with E-state index >= 15 is 0 Å². The highest BCUT2D eigenvalue weighted by atomic mass is 19.4. The first-order valence-corrected chi connectivity index (χ1v) is 17.0. The van der Waals surface area contributed by atoms with E-state index in [4.69, 9.17) is 15.5 Å². The lowest BCUT2D eigenvalue weighted by Crippen LogP contribution is -2.58. The van der Waals surface area contributed by atoms with Gasteiger partial charge in [0, 0.05) is 81.3 Å². The van der Waals surface area contributed by atoms with Crippen LogP contribution in [0.15, 0.2) is 36.8 Å². The van der Waals surface area contributed by atoms with Gasteiger partial charge in [-0.2, -0.15) is 23.5 Å². The topological polar surface area (TPSA) is 119 Å². The van der Waals surface area contributed by atoms with E-state index in [0.717, 1.165) is 55.8 Å². The zero-order valence-corrected chi connectivity index (χ0v) is 26.8. The maximum Gasteiger partial charge on any atom is 0.393 e. The summed E-state index contributed by atoms with van der Waals surface area (Å²) in [6.45, 7) is 4.31. The number of ether oxygens (including phenoxy) is 1. The smallest absolute Gasteiger partial charge is 0.393 e. The van der Waals surface area contributed by atoms with Gasteiger partial charge in [0.25, 0.3) is 0 Å². The van der Waals surface area contributed by atoms with E-state index in [2.05, 4.69) is 21.0 Å². The maximum atomic E-state index is 13.2. The number of likely N-dealkylation sites (tertiary alicyclic amines) is 3. The molecule has 4 aliphatic heterocycles. The van der Waals surface area contributed by atoms with Crippen LogP contribution in [0.5, 0.6) is 5.75 Å². The number of urea groups is 1. The van der Waals surface area contributed by atoms with Crippen molar-refractivity contribution in [2.24, 2.45) is 17.1 Å². The van der Waals surface area contributed by atoms with Gasteiger partial charge in [-0.25, -0.2) is 14.3 Å². The molecule has 1 saturated carbocycles. The van der Waals surface area contributed by atoms with Crippen LogP contribution in [-0.4, -0.2) is 112 Å². The molecule has 7 heterocycles. The molecule has 8 rings (SSSR count). The number of fused-ring (bicyclic) bond motifs is 3. The van der Waals surface area contributed by atoms with E-state index in [-0.39, 0.29) is 43.7 Å². The van der Waals surface area contributed by atoms with Crippen LogP contribution in [0.25, 0.3) is 16.6 Å². The molecule has 2 N–H and O–H groups in total. The number of hydrogen-bond acceptors (Lipinski definition) is 8. The number of nitriles is 1. The second kappa shape index (κ2) is 11.8. The van der Waals surface area contributed by atoms with Crippen molar-refractivity contribution < 1.29 is 22.7 Å². The summed E-state index contributed by atoms with van der Waals surface area (Å²) in [5.74, 6) is 0.00472. The van der Waals surface area contributed by atoms with Crippen molar-refractivity contribution >= 4 is 17.4 Å². The first-order chi connectivity index (χ1) is 23.1. The van der Waals surface area contributed by atoms with Crippen LogP contribution in [0.3, 0.4) is 0 Å². The Bertz CT molecular complexity index is 1720. The Hall–Kier alpha value is -4.09. The standard InChI is InChI=1S/C34H40F3N9O2/c35-34(36,37)24-6-10-43(16-24)32(47)44-17-25-3-4-26(18-44)46(25)30-5-2-22(14-40-30)28-12-27(19-45-31(28)23(13-38)15-41-45)48-11-1-9-42-20-29(39)33(21-42)7-8-33/h2,5,12,14-15,19,24-26,29H,1,3-4,6-11,16-18,20-21,39H2. The zero-order valence-electron chi connectivity index (χ0n) is 26.8. The van der Waals surface area contributed by atoms with Crippen LogP contribution in [0.1, 0.15) is 44.1 Å². The third kappa shape index (κ3) is 5.60. The van der Waals surface area contributed by atoms with Crippen LogP contribution in [-0.2, 0) is 0 Å². The van der Waals surface area contributed by atoms with Gasteiger partial charge in [-0.3, -0.25) is 0 Å². The summed E-state index contributed by atoms with van der Waals surface area (Å²) >= 11 is 0. The minimum absolute atomic E-state index is 0.0380. The van der Waals surface area contributed by atoms with Gasteiger partial charge in [0.1, 0.15) is 17.6 Å². The number of amides is 2. The quantitative estimate of drug-likeness (QED) is 0.376. The Morgan fingerprint density at radius 2 is 1.88 bits per heavy atom. The first-order valence-electron chi connectivity index (χ1n) is 17.0. The molecular weight excluding hydrogens is 623 g/mol. The molecule has 254 valence electrons. The highest BCUT2D eigenvalue weighted by Crippen LogP contribution is 2.52. The zero-order chi connectivity index (χ0) is 33.2. The molecule has 3 aromatic heterocycles. The number of nitrogens with zero attached hydrogens (tertiary/aromatic N) is 8. The number of aromatic nitrogens is 3. The highest BCUT2D eigenvalue weighted by molar-refractivity contribution is 5.85. The molecule has 0 radical (unpaired) electrons. The van der Waals surface area contributed by atoms with Gasteiger partial charge in [-0.15, -0.1) is 0 Å². The van der Waals surface area contributed by atoms with Crippen LogP contribution in [0, 0.1) is 22.7 Å². The van der Waals surface area contributed by atoms with Crippen LogP contribution in [0.2, 0.25) is 0 Å². The van der Waals surface area contributed by atoms with Crippen molar-refractivity contribution in [1.29, 1.82) is 5.26 Å². The average Bonchev–Trinajstić information content (AvgIpc) is 3.36. The normalized spacial score (nSPS) is 26.5. The number of piperazine rings is 1. The molecule has 1 aliphatic carbocycles. The molecule has 0 aromatic carbocycles. The Kier molecular flexibility index (Phi) is 7.67. The van der Waals surface area contributed by atoms with Gasteiger partial charge in [-0.05, 0) is 62.1 Å². The van der Waals surface area contributed by atoms with Crippen molar-refractivity contribution in [1.82, 2.24) is 29.3 Å². The van der Waals surface area contributed by atoms with Crippen molar-refractivity contribution in [3.05, 3.63) is 42.4 Å². The molecule has 4 atom stereocenters. The fraction of sp³-hybridized carbons (Fsp3) is 0.588. The molecule has 2 bridgehead atoms. The van der Waals surface area contributed by atoms with Gasteiger partial charge in [-0.1, -0.05) is 0 Å². The summed E-state index contributed by atoms with van der Waals surface area (Å²) in [5.41, 5.74) is 9.47. The number of anilines is 1. The molecule has 4 unspecified atom stereocenters. The molecule has 11 nitrogen and oxygen atoms in total. The summed E-state index contributed by atoms with van der Waals surface area (Å²) in [6.07, 6.45) is 5.96. The third-order valence-corrected chi connectivity index (χ3v) is 11.3. The van der Waals surface area contributed by atoms with Gasteiger partial charge in [0.15, 0.2) is 0 Å². The Labute approximate surface area is 277 Å². The van der Waals surface area contributed by atoms with Gasteiger partial charge >= 0.3 is 12.2 Å². The third-order valence-electron chi connectivity index (χ3n) is 11.3. The number of pyridine rings is 2. The molecule has 3 aromatic rings. The lowest BCUT2D eigenvalue weighted by atomic mass is 10.0. The predicted molar refractivity (Wildman–Crippen MR) is 171 cm³/mol. The minimum atomic E-state index is -4.28. The van der Waals surface area contributed by atoms with Crippen LogP contribution < -0.4 is 15.4 Å². The largest absolute Gasteiger partial charge is 0.492 e. The number of hydrogen-bond donors (Lipinski definition) is 1. The Morgan fingerprint density at radius 1 is 1.08 bits per heavy atom. The molecule has 48 heavy (non-hydrogen) atoms. The second-order valence-electron chi connectivity index (χ2n) is 14.3. The monoisotopic (exact) mass is 663 g/mol. The number of nitrogens with two attached hydrogens (primary N) is 1. The summed E-state index contributed by atoms with van der Waals surface area (Å²) in [7, 11) is 0. The summed E-state index contributed by atoms with van der Waals surface area (Å²) in [4.78, 5) is 25.8. The number of rotatable bonds is 7. The van der Waals surface area contributed by atoms with Gasteiger partial charge in [0.05, 0.1) is 36.0 Å². The highest BCUT2D eigenvalue weighted by Gasteiger charge is 2.53. The van der Waals surface area contributed by atoms with E-state index in [1.165, 1.54) is 17.7 Å². The summed E-state index contributed by atoms with van der Waals surface area (Å²) in [5, 5.41) is 14.2. The van der Waals surface area contributed by atoms with Gasteiger partial charge < -0.3 is 30.1 Å². The lowest BCUT2D eigenvalue weighted by Gasteiger charge is -2.42. The number of carbonyl (C=O) groups is 1. The lowest BCUT2D eigenvalue weighted by molar-refractivity contribution is -0.170. The Morgan fingerprint density at radius 3 is 2.52 bits per heavy atom. The maximum absolute atomic E-state index is 13.2. The van der Waals surface area contributed by atoms with Crippen molar-refractivity contribution in [2.45, 2.75) is 62.8 Å². The number of carbonyl (C=O) groups excluding carboxylic acids is 1. The number of halogens is 3. The fourth-order valence-electron chi connectivity index (χ4n) is 8.45. The average molecular weight is 664 g/mol. The second-order valence-corrected chi connectivity index (χ2v) is 14.3. The minimum Gasteiger partial charge on any atom is -0.492 e. The van der Waals surface area contributed by atoms with E-state index in [9.17, 15) is 23.2 Å². The molecule has 4 saturated heterocycles. The number of alkyl halides is 3.